The first kappa shape index (κ1) is 10.1. The monoisotopic (exact) mass is 218 g/mol. The van der Waals surface area contributed by atoms with Gasteiger partial charge in [-0.1, -0.05) is 12.1 Å². The Morgan fingerprint density at radius 1 is 1.38 bits per heavy atom. The smallest absolute Gasteiger partial charge is 0.123 e. The van der Waals surface area contributed by atoms with Crippen molar-refractivity contribution in [2.75, 3.05) is 13.7 Å². The van der Waals surface area contributed by atoms with Gasteiger partial charge in [0.05, 0.1) is 7.11 Å². The van der Waals surface area contributed by atoms with E-state index < -0.39 is 0 Å². The van der Waals surface area contributed by atoms with Crippen molar-refractivity contribution in [1.29, 1.82) is 0 Å². The van der Waals surface area contributed by atoms with Crippen LogP contribution >= 0.6 is 0 Å². The minimum Gasteiger partial charge on any atom is -0.496 e. The van der Waals surface area contributed by atoms with Crippen LogP contribution in [-0.4, -0.2) is 24.6 Å². The van der Waals surface area contributed by atoms with Gasteiger partial charge in [-0.05, 0) is 24.5 Å². The highest BCUT2D eigenvalue weighted by atomic mass is 16.5. The molecule has 1 fully saturated rings. The molecule has 1 aromatic carbocycles. The van der Waals surface area contributed by atoms with Gasteiger partial charge < -0.3 is 10.5 Å². The lowest BCUT2D eigenvalue weighted by molar-refractivity contribution is 0.217. The molecule has 2 aliphatic rings. The molecule has 0 spiro atoms. The fourth-order valence-corrected chi connectivity index (χ4v) is 2.63. The van der Waals surface area contributed by atoms with Crippen LogP contribution in [0, 0.1) is 0 Å². The number of methoxy groups -OCH3 is 1. The third kappa shape index (κ3) is 1.60. The summed E-state index contributed by atoms with van der Waals surface area (Å²) in [6.45, 7) is 1.99. The molecule has 1 aliphatic carbocycles. The lowest BCUT2D eigenvalue weighted by Crippen LogP contribution is -2.38. The normalized spacial score (nSPS) is 25.2. The van der Waals surface area contributed by atoms with E-state index in [2.05, 4.69) is 11.0 Å². The molecular formula is C13H18N2O. The van der Waals surface area contributed by atoms with Crippen LogP contribution in [0.4, 0.5) is 0 Å². The van der Waals surface area contributed by atoms with Crippen LogP contribution in [0.1, 0.15) is 30.0 Å². The number of nitrogens with zero attached hydrogens (tertiary/aromatic N) is 1. The summed E-state index contributed by atoms with van der Waals surface area (Å²) in [6.07, 6.45) is 2.66. The van der Waals surface area contributed by atoms with Crippen LogP contribution in [0.2, 0.25) is 0 Å². The molecule has 1 aromatic rings. The maximum absolute atomic E-state index is 6.23. The van der Waals surface area contributed by atoms with Gasteiger partial charge in [-0.3, -0.25) is 4.90 Å². The largest absolute Gasteiger partial charge is 0.496 e. The van der Waals surface area contributed by atoms with Crippen LogP contribution in [0.15, 0.2) is 18.2 Å². The molecule has 1 saturated carbocycles. The molecule has 0 aromatic heterocycles. The second-order valence-electron chi connectivity index (χ2n) is 4.80. The third-order valence-corrected chi connectivity index (χ3v) is 3.64. The Morgan fingerprint density at radius 2 is 2.19 bits per heavy atom. The number of fused-ring (bicyclic) bond motifs is 1. The zero-order valence-electron chi connectivity index (χ0n) is 9.65. The van der Waals surface area contributed by atoms with Crippen molar-refractivity contribution >= 4 is 0 Å². The molecule has 16 heavy (non-hydrogen) atoms. The number of nitrogens with two attached hydrogens (primary N) is 1. The van der Waals surface area contributed by atoms with Crippen molar-refractivity contribution in [2.45, 2.75) is 31.5 Å². The minimum absolute atomic E-state index is 0.138. The van der Waals surface area contributed by atoms with Gasteiger partial charge in [0.1, 0.15) is 5.75 Å². The molecule has 1 heterocycles. The maximum atomic E-state index is 6.23. The van der Waals surface area contributed by atoms with Gasteiger partial charge in [-0.2, -0.15) is 0 Å². The van der Waals surface area contributed by atoms with Crippen molar-refractivity contribution < 1.29 is 4.74 Å². The molecule has 0 saturated heterocycles. The van der Waals surface area contributed by atoms with Gasteiger partial charge in [0, 0.05) is 30.7 Å². The molecule has 2 N–H and O–H groups in total. The molecule has 0 radical (unpaired) electrons. The van der Waals surface area contributed by atoms with E-state index in [-0.39, 0.29) is 6.04 Å². The quantitative estimate of drug-likeness (QED) is 0.820. The molecule has 0 amide bonds. The highest BCUT2D eigenvalue weighted by Gasteiger charge is 2.34. The topological polar surface area (TPSA) is 38.5 Å². The van der Waals surface area contributed by atoms with E-state index in [1.54, 1.807) is 7.11 Å². The predicted octanol–water partition coefficient (Wildman–Crippen LogP) is 1.67. The van der Waals surface area contributed by atoms with Crippen molar-refractivity contribution in [3.63, 3.8) is 0 Å². The number of benzene rings is 1. The number of hydrogen-bond donors (Lipinski definition) is 1. The van der Waals surface area contributed by atoms with Crippen molar-refractivity contribution in [3.8, 4) is 5.75 Å². The lowest BCUT2D eigenvalue weighted by Gasteiger charge is -2.33. The summed E-state index contributed by atoms with van der Waals surface area (Å²) in [5.74, 6) is 0.985. The molecule has 3 heteroatoms. The van der Waals surface area contributed by atoms with Gasteiger partial charge >= 0.3 is 0 Å². The Balaban J connectivity index is 1.97. The van der Waals surface area contributed by atoms with Crippen molar-refractivity contribution in [3.05, 3.63) is 29.3 Å². The highest BCUT2D eigenvalue weighted by molar-refractivity contribution is 5.43. The second-order valence-corrected chi connectivity index (χ2v) is 4.80. The molecule has 86 valence electrons. The van der Waals surface area contributed by atoms with Crippen LogP contribution < -0.4 is 10.5 Å². The van der Waals surface area contributed by atoms with Crippen molar-refractivity contribution in [2.24, 2.45) is 5.73 Å². The number of rotatable bonds is 2. The Labute approximate surface area is 96.2 Å². The zero-order valence-corrected chi connectivity index (χ0v) is 9.65. The van der Waals surface area contributed by atoms with E-state index in [4.69, 9.17) is 10.5 Å². The Hall–Kier alpha value is -1.06. The lowest BCUT2D eigenvalue weighted by atomic mass is 9.95. The Bertz CT molecular complexity index is 401. The summed E-state index contributed by atoms with van der Waals surface area (Å²) in [5.41, 5.74) is 8.78. The SMILES string of the molecule is COc1cccc2c1CN(C1CC1)CC2N. The first-order chi connectivity index (χ1) is 7.79. The molecule has 1 aliphatic heterocycles. The van der Waals surface area contributed by atoms with E-state index >= 15 is 0 Å². The summed E-state index contributed by atoms with van der Waals surface area (Å²) in [4.78, 5) is 2.50. The van der Waals surface area contributed by atoms with Gasteiger partial charge in [0.25, 0.3) is 0 Å². The van der Waals surface area contributed by atoms with Crippen LogP contribution in [0.25, 0.3) is 0 Å². The van der Waals surface area contributed by atoms with Crippen LogP contribution in [-0.2, 0) is 6.54 Å². The van der Waals surface area contributed by atoms with E-state index in [1.807, 2.05) is 12.1 Å². The average Bonchev–Trinajstić information content (AvgIpc) is 3.12. The van der Waals surface area contributed by atoms with E-state index in [0.29, 0.717) is 0 Å². The zero-order chi connectivity index (χ0) is 11.1. The molecule has 1 unspecified atom stereocenters. The predicted molar refractivity (Wildman–Crippen MR) is 63.4 cm³/mol. The average molecular weight is 218 g/mol. The summed E-state index contributed by atoms with van der Waals surface area (Å²) in [6, 6.07) is 7.10. The van der Waals surface area contributed by atoms with Gasteiger partial charge in [-0.15, -0.1) is 0 Å². The molecule has 0 bridgehead atoms. The number of ether oxygens (including phenoxy) is 1. The Kier molecular flexibility index (Phi) is 2.37. The molecule has 3 rings (SSSR count). The van der Waals surface area contributed by atoms with E-state index in [1.165, 1.54) is 24.0 Å². The maximum Gasteiger partial charge on any atom is 0.123 e. The van der Waals surface area contributed by atoms with Crippen molar-refractivity contribution in [1.82, 2.24) is 4.90 Å². The van der Waals surface area contributed by atoms with Crippen LogP contribution in [0.5, 0.6) is 5.75 Å². The first-order valence-corrected chi connectivity index (χ1v) is 5.95. The Morgan fingerprint density at radius 3 is 2.88 bits per heavy atom. The summed E-state index contributed by atoms with van der Waals surface area (Å²) in [5, 5.41) is 0. The fourth-order valence-electron chi connectivity index (χ4n) is 2.63. The molecule has 3 nitrogen and oxygen atoms in total. The first-order valence-electron chi connectivity index (χ1n) is 5.95. The summed E-state index contributed by atoms with van der Waals surface area (Å²) in [7, 11) is 1.73. The van der Waals surface area contributed by atoms with Crippen LogP contribution in [0.3, 0.4) is 0 Å². The molecule has 1 atom stereocenters. The highest BCUT2D eigenvalue weighted by Crippen LogP contribution is 2.37. The second kappa shape index (κ2) is 3.75. The van der Waals surface area contributed by atoms with Gasteiger partial charge in [0.15, 0.2) is 0 Å². The van der Waals surface area contributed by atoms with Gasteiger partial charge in [0.2, 0.25) is 0 Å². The van der Waals surface area contributed by atoms with Gasteiger partial charge in [-0.25, -0.2) is 0 Å². The summed E-state index contributed by atoms with van der Waals surface area (Å²) >= 11 is 0. The fraction of sp³-hybridized carbons (Fsp3) is 0.538. The minimum atomic E-state index is 0.138. The van der Waals surface area contributed by atoms with E-state index in [9.17, 15) is 0 Å². The van der Waals surface area contributed by atoms with E-state index in [0.717, 1.165) is 24.9 Å². The number of hydrogen-bond acceptors (Lipinski definition) is 3. The molecular weight excluding hydrogens is 200 g/mol. The standard InChI is InChI=1S/C13H18N2O/c1-16-13-4-2-3-10-11(13)7-15(8-12(10)14)9-5-6-9/h2-4,9,12H,5-8,14H2,1H3. The third-order valence-electron chi connectivity index (χ3n) is 3.64. The summed E-state index contributed by atoms with van der Waals surface area (Å²) < 4.78 is 5.43.